The van der Waals surface area contributed by atoms with Gasteiger partial charge in [-0.15, -0.1) is 11.8 Å². The van der Waals surface area contributed by atoms with Crippen LogP contribution in [0.4, 0.5) is 11.4 Å². The van der Waals surface area contributed by atoms with E-state index in [1.165, 1.54) is 17.8 Å². The third-order valence-electron chi connectivity index (χ3n) is 8.91. The molecule has 50 heavy (non-hydrogen) atoms. The highest BCUT2D eigenvalue weighted by atomic mass is 32.2. The van der Waals surface area contributed by atoms with E-state index in [0.29, 0.717) is 22.7 Å². The number of hydrogen-bond donors (Lipinski definition) is 4. The van der Waals surface area contributed by atoms with Crippen LogP contribution < -0.4 is 20.3 Å². The predicted molar refractivity (Wildman–Crippen MR) is 201 cm³/mol. The van der Waals surface area contributed by atoms with Gasteiger partial charge in [-0.1, -0.05) is 88.1 Å². The molecule has 0 saturated heterocycles. The maximum Gasteiger partial charge on any atom is 0.327 e. The molecule has 0 saturated carbocycles. The summed E-state index contributed by atoms with van der Waals surface area (Å²) >= 11 is 5.39. The van der Waals surface area contributed by atoms with E-state index in [9.17, 15) is 27.9 Å². The van der Waals surface area contributed by atoms with Crippen molar-refractivity contribution in [3.05, 3.63) is 78.4 Å². The number of anilines is 2. The summed E-state index contributed by atoms with van der Waals surface area (Å²) in [6.45, 7) is 4.28. The quantitative estimate of drug-likeness (QED) is 0.0909. The molecule has 1 aliphatic heterocycles. The largest absolute Gasteiger partial charge is 0.483 e. The van der Waals surface area contributed by atoms with Crippen molar-refractivity contribution in [2.45, 2.75) is 74.2 Å². The van der Waals surface area contributed by atoms with E-state index >= 15 is 0 Å². The van der Waals surface area contributed by atoms with E-state index in [1.54, 1.807) is 30.3 Å². The second-order valence-electron chi connectivity index (χ2n) is 12.6. The maximum atomic E-state index is 14.4. The molecule has 10 nitrogen and oxygen atoms in total. The van der Waals surface area contributed by atoms with Crippen molar-refractivity contribution in [1.29, 1.82) is 0 Å². The number of fused-ring (bicyclic) bond motifs is 1. The molecule has 2 atom stereocenters. The first-order valence-electron chi connectivity index (χ1n) is 16.9. The molecule has 0 spiro atoms. The Morgan fingerprint density at radius 3 is 2.16 bits per heavy atom. The normalized spacial score (nSPS) is 16.0. The Balaban J connectivity index is 1.68. The zero-order chi connectivity index (χ0) is 36.3. The van der Waals surface area contributed by atoms with Crippen LogP contribution in [0.1, 0.15) is 64.0 Å². The fourth-order valence-corrected chi connectivity index (χ4v) is 9.22. The van der Waals surface area contributed by atoms with Crippen molar-refractivity contribution in [1.82, 2.24) is 10.6 Å². The van der Waals surface area contributed by atoms with Crippen molar-refractivity contribution in [3.63, 3.8) is 0 Å². The Labute approximate surface area is 305 Å². The lowest BCUT2D eigenvalue weighted by molar-refractivity contribution is -0.141. The van der Waals surface area contributed by atoms with Crippen LogP contribution in [0.2, 0.25) is 0 Å². The Bertz CT molecular complexity index is 1710. The van der Waals surface area contributed by atoms with Gasteiger partial charge in [-0.05, 0) is 42.9 Å². The number of thiol groups is 1. The molecule has 3 aromatic carbocycles. The molecule has 1 heterocycles. The zero-order valence-corrected chi connectivity index (χ0v) is 31.3. The number of para-hydroxylation sites is 1. The number of rotatable bonds is 17. The number of benzene rings is 3. The maximum absolute atomic E-state index is 14.4. The number of nitrogens with zero attached hydrogens (tertiary/aromatic N) is 1. The first-order chi connectivity index (χ1) is 24.0. The second-order valence-corrected chi connectivity index (χ2v) is 15.8. The van der Waals surface area contributed by atoms with E-state index in [0.717, 1.165) is 44.2 Å². The molecule has 0 radical (unpaired) electrons. The molecule has 270 valence electrons. The average Bonchev–Trinajstić information content (AvgIpc) is 3.21. The lowest BCUT2D eigenvalue weighted by Gasteiger charge is -2.37. The smallest absolute Gasteiger partial charge is 0.327 e. The minimum absolute atomic E-state index is 0.00631. The van der Waals surface area contributed by atoms with Crippen LogP contribution in [-0.4, -0.2) is 68.3 Å². The number of ether oxygens (including phenoxy) is 1. The fraction of sp³-hybridized carbons (Fsp3) is 0.432. The number of thioether (sulfide) groups is 1. The molecule has 3 aromatic rings. The van der Waals surface area contributed by atoms with E-state index in [1.807, 2.05) is 42.7 Å². The summed E-state index contributed by atoms with van der Waals surface area (Å²) in [7, 11) is -3.80. The Hall–Kier alpha value is -3.68. The van der Waals surface area contributed by atoms with Crippen LogP contribution in [0, 0.1) is 5.41 Å². The minimum atomic E-state index is -3.80. The molecule has 0 aromatic heterocycles. The van der Waals surface area contributed by atoms with Crippen LogP contribution in [0.5, 0.6) is 5.75 Å². The van der Waals surface area contributed by atoms with Gasteiger partial charge in [0, 0.05) is 29.5 Å². The number of sulfone groups is 1. The van der Waals surface area contributed by atoms with Crippen molar-refractivity contribution >= 4 is 63.4 Å². The van der Waals surface area contributed by atoms with E-state index in [-0.39, 0.29) is 22.2 Å². The average molecular weight is 742 g/mol. The van der Waals surface area contributed by atoms with Gasteiger partial charge in [0.05, 0.1) is 21.2 Å². The van der Waals surface area contributed by atoms with Gasteiger partial charge in [0.25, 0.3) is 5.91 Å². The molecule has 4 rings (SSSR count). The van der Waals surface area contributed by atoms with Crippen molar-refractivity contribution < 1.29 is 32.6 Å². The molecule has 3 N–H and O–H groups in total. The number of carboxylic acid groups (broad SMARTS) is 1. The Kier molecular flexibility index (Phi) is 14.1. The summed E-state index contributed by atoms with van der Waals surface area (Å²) in [6.07, 6.45) is 7.20. The van der Waals surface area contributed by atoms with E-state index in [2.05, 4.69) is 42.0 Å². The molecule has 0 bridgehead atoms. The lowest BCUT2D eigenvalue weighted by Crippen LogP contribution is -2.48. The summed E-state index contributed by atoms with van der Waals surface area (Å²) in [5.74, 6) is -2.52. The highest BCUT2D eigenvalue weighted by Crippen LogP contribution is 2.47. The fourth-order valence-electron chi connectivity index (χ4n) is 6.31. The third-order valence-corrected chi connectivity index (χ3v) is 12.0. The summed E-state index contributed by atoms with van der Waals surface area (Å²) in [6, 6.07) is 19.2. The Morgan fingerprint density at radius 1 is 0.980 bits per heavy atom. The molecule has 0 aliphatic carbocycles. The highest BCUT2D eigenvalue weighted by molar-refractivity contribution is 7.98. The molecule has 0 fully saturated rings. The van der Waals surface area contributed by atoms with E-state index < -0.39 is 51.7 Å². The molecular weight excluding hydrogens is 695 g/mol. The number of carbonyl (C=O) groups is 3. The lowest BCUT2D eigenvalue weighted by atomic mass is 9.79. The number of amides is 2. The number of unbranched alkanes of at least 4 members (excludes halogenated alkanes) is 2. The van der Waals surface area contributed by atoms with Gasteiger partial charge in [-0.3, -0.25) is 9.59 Å². The topological polar surface area (TPSA) is 142 Å². The van der Waals surface area contributed by atoms with Gasteiger partial charge in [0.2, 0.25) is 5.91 Å². The summed E-state index contributed by atoms with van der Waals surface area (Å²) < 4.78 is 34.8. The Morgan fingerprint density at radius 2 is 1.60 bits per heavy atom. The van der Waals surface area contributed by atoms with Crippen LogP contribution in [0.25, 0.3) is 0 Å². The zero-order valence-electron chi connectivity index (χ0n) is 28.8. The molecular formula is C37H47N3O7S3. The number of hydrogen-bond acceptors (Lipinski definition) is 9. The molecule has 13 heteroatoms. The number of aliphatic carboxylic acids is 1. The molecule has 1 unspecified atom stereocenters. The van der Waals surface area contributed by atoms with Gasteiger partial charge in [0.15, 0.2) is 16.4 Å². The first-order valence-corrected chi connectivity index (χ1v) is 20.4. The van der Waals surface area contributed by atoms with Crippen LogP contribution in [0.3, 0.4) is 0 Å². The van der Waals surface area contributed by atoms with Crippen LogP contribution in [-0.2, 0) is 24.2 Å². The van der Waals surface area contributed by atoms with E-state index in [4.69, 9.17) is 4.74 Å². The molecule has 1 aliphatic rings. The van der Waals surface area contributed by atoms with Crippen molar-refractivity contribution in [2.75, 3.05) is 35.8 Å². The first kappa shape index (κ1) is 39.1. The number of carbonyl (C=O) groups excluding carboxylic acids is 2. The summed E-state index contributed by atoms with van der Waals surface area (Å²) in [5.41, 5.74) is 1.46. The summed E-state index contributed by atoms with van der Waals surface area (Å²) in [5, 5.41) is 14.5. The number of carboxylic acids is 1. The van der Waals surface area contributed by atoms with Crippen molar-refractivity contribution in [3.8, 4) is 5.75 Å². The van der Waals surface area contributed by atoms with Gasteiger partial charge in [-0.25, -0.2) is 13.2 Å². The predicted octanol–water partition coefficient (Wildman–Crippen LogP) is 6.44. The van der Waals surface area contributed by atoms with Gasteiger partial charge in [0.1, 0.15) is 17.8 Å². The van der Waals surface area contributed by atoms with Crippen molar-refractivity contribution in [2.24, 2.45) is 5.41 Å². The van der Waals surface area contributed by atoms with Crippen LogP contribution >= 0.6 is 24.4 Å². The molecule has 2 amide bonds. The van der Waals surface area contributed by atoms with Crippen LogP contribution in [0.15, 0.2) is 82.6 Å². The SMILES string of the molecule is CCCCC1(CCCC)CN(c2ccccc2)c2cc(SC)c(OCC(=O)N[C@@H](C(=O)NC(CS)C(=O)O)c3ccccc3)cc2S(=O)(=O)C1. The highest BCUT2D eigenvalue weighted by Gasteiger charge is 2.42. The number of nitrogens with one attached hydrogen (secondary N) is 2. The standard InChI is InChI=1S/C37H47N3O7S3/c1-4-6-18-37(19-7-5-2)24-40(27-16-12-9-13-17-27)29-20-31(49-3)30(21-32(29)50(45,46)25-37)47-22-33(41)39-34(26-14-10-8-11-15-26)35(42)38-28(23-48)36(43)44/h8-17,20-21,28,34,48H,4-7,18-19,22-25H2,1-3H3,(H,38,42)(H,39,41)(H,43,44)/t28?,34-/m1/s1. The second kappa shape index (κ2) is 18.0. The van der Waals surface area contributed by atoms with Gasteiger partial charge >= 0.3 is 5.97 Å². The minimum Gasteiger partial charge on any atom is -0.483 e. The van der Waals surface area contributed by atoms with Gasteiger partial charge < -0.3 is 25.4 Å². The third kappa shape index (κ3) is 9.76. The monoisotopic (exact) mass is 741 g/mol. The van der Waals surface area contributed by atoms with Gasteiger partial charge in [-0.2, -0.15) is 12.6 Å². The summed E-state index contributed by atoms with van der Waals surface area (Å²) in [4.78, 5) is 41.0.